The van der Waals surface area contributed by atoms with E-state index in [9.17, 15) is 8.42 Å². The maximum atomic E-state index is 11.3. The molecule has 2 aromatic rings. The number of nitrogens with zero attached hydrogens (tertiary/aromatic N) is 1. The number of aryl methyl sites for hydroxylation is 1. The van der Waals surface area contributed by atoms with Crippen LogP contribution in [0.25, 0.3) is 0 Å². The van der Waals surface area contributed by atoms with E-state index in [-0.39, 0.29) is 6.04 Å². The van der Waals surface area contributed by atoms with Crippen LogP contribution in [-0.4, -0.2) is 19.7 Å². The molecule has 1 atom stereocenters. The second-order valence-corrected chi connectivity index (χ2v) is 6.49. The molecule has 0 spiro atoms. The predicted molar refractivity (Wildman–Crippen MR) is 72.8 cm³/mol. The highest BCUT2D eigenvalue weighted by Crippen LogP contribution is 2.20. The lowest BCUT2D eigenvalue weighted by Gasteiger charge is -2.12. The Morgan fingerprint density at radius 3 is 2.37 bits per heavy atom. The molecule has 0 amide bonds. The van der Waals surface area contributed by atoms with Gasteiger partial charge in [0.15, 0.2) is 9.84 Å². The molecule has 0 fully saturated rings. The smallest absolute Gasteiger partial charge is 0.216 e. The van der Waals surface area contributed by atoms with Gasteiger partial charge < -0.3 is 9.73 Å². The number of benzene rings is 1. The van der Waals surface area contributed by atoms with E-state index < -0.39 is 9.84 Å². The minimum atomic E-state index is -3.16. The zero-order valence-corrected chi connectivity index (χ0v) is 11.9. The van der Waals surface area contributed by atoms with Gasteiger partial charge in [-0.3, -0.25) is 0 Å². The van der Waals surface area contributed by atoms with Gasteiger partial charge in [0.05, 0.1) is 11.1 Å². The Hall–Kier alpha value is -1.82. The molecule has 0 radical (unpaired) electrons. The summed E-state index contributed by atoms with van der Waals surface area (Å²) in [5.41, 5.74) is 0.816. The second kappa shape index (κ2) is 5.05. The molecule has 0 saturated heterocycles. The third-order valence-electron chi connectivity index (χ3n) is 2.68. The lowest BCUT2D eigenvalue weighted by Crippen LogP contribution is -2.07. The number of sulfone groups is 1. The van der Waals surface area contributed by atoms with E-state index in [1.54, 1.807) is 30.5 Å². The van der Waals surface area contributed by atoms with Crippen molar-refractivity contribution in [1.82, 2.24) is 4.98 Å². The maximum Gasteiger partial charge on any atom is 0.216 e. The first-order valence-electron chi connectivity index (χ1n) is 5.85. The molecule has 0 aliphatic rings. The summed E-state index contributed by atoms with van der Waals surface area (Å²) in [6.07, 6.45) is 2.86. The van der Waals surface area contributed by atoms with Crippen LogP contribution in [0.3, 0.4) is 0 Å². The van der Waals surface area contributed by atoms with Gasteiger partial charge in [0.1, 0.15) is 11.8 Å². The summed E-state index contributed by atoms with van der Waals surface area (Å²) in [4.78, 5) is 4.45. The van der Waals surface area contributed by atoms with E-state index in [2.05, 4.69) is 10.3 Å². The number of rotatable bonds is 4. The summed E-state index contributed by atoms with van der Waals surface area (Å²) in [7, 11) is -3.16. The molecule has 5 nitrogen and oxygen atoms in total. The van der Waals surface area contributed by atoms with Crippen molar-refractivity contribution in [2.24, 2.45) is 0 Å². The van der Waals surface area contributed by atoms with Crippen LogP contribution >= 0.6 is 0 Å². The van der Waals surface area contributed by atoms with Crippen molar-refractivity contribution in [1.29, 1.82) is 0 Å². The average molecular weight is 280 g/mol. The topological polar surface area (TPSA) is 72.2 Å². The summed E-state index contributed by atoms with van der Waals surface area (Å²) in [5, 5.41) is 3.20. The number of hydrogen-bond donors (Lipinski definition) is 1. The fraction of sp³-hybridized carbons (Fsp3) is 0.308. The van der Waals surface area contributed by atoms with Gasteiger partial charge in [-0.15, -0.1) is 0 Å². The Balaban J connectivity index is 2.12. The van der Waals surface area contributed by atoms with Crippen LogP contribution in [0.1, 0.15) is 24.6 Å². The monoisotopic (exact) mass is 280 g/mol. The van der Waals surface area contributed by atoms with Gasteiger partial charge >= 0.3 is 0 Å². The van der Waals surface area contributed by atoms with E-state index in [0.29, 0.717) is 10.8 Å². The molecule has 0 bridgehead atoms. The quantitative estimate of drug-likeness (QED) is 0.931. The third kappa shape index (κ3) is 3.35. The number of hydrogen-bond acceptors (Lipinski definition) is 5. The maximum absolute atomic E-state index is 11.3. The minimum absolute atomic E-state index is 0.0854. The highest BCUT2D eigenvalue weighted by Gasteiger charge is 2.12. The summed E-state index contributed by atoms with van der Waals surface area (Å²) in [5.74, 6) is 1.36. The summed E-state index contributed by atoms with van der Waals surface area (Å²) < 4.78 is 28.1. The Morgan fingerprint density at radius 1 is 1.26 bits per heavy atom. The van der Waals surface area contributed by atoms with Crippen molar-refractivity contribution in [3.63, 3.8) is 0 Å². The largest absolute Gasteiger partial charge is 0.444 e. The molecule has 0 aliphatic heterocycles. The average Bonchev–Trinajstić information content (AvgIpc) is 2.75. The van der Waals surface area contributed by atoms with Gasteiger partial charge in [0, 0.05) is 11.9 Å². The molecule has 2 rings (SSSR count). The predicted octanol–water partition coefficient (Wildman–Crippen LogP) is 2.56. The van der Waals surface area contributed by atoms with Gasteiger partial charge in [0.2, 0.25) is 5.89 Å². The van der Waals surface area contributed by atoms with Crippen LogP contribution in [0.15, 0.2) is 39.8 Å². The summed E-state index contributed by atoms with van der Waals surface area (Å²) >= 11 is 0. The van der Waals surface area contributed by atoms with Crippen LogP contribution in [-0.2, 0) is 9.84 Å². The number of anilines is 1. The molecule has 1 aromatic heterocycles. The van der Waals surface area contributed by atoms with Crippen molar-refractivity contribution in [2.75, 3.05) is 11.6 Å². The number of oxazole rings is 1. The molecule has 19 heavy (non-hydrogen) atoms. The number of aromatic nitrogens is 1. The minimum Gasteiger partial charge on any atom is -0.444 e. The van der Waals surface area contributed by atoms with E-state index in [4.69, 9.17) is 4.42 Å². The Morgan fingerprint density at radius 2 is 1.89 bits per heavy atom. The zero-order valence-electron chi connectivity index (χ0n) is 11.0. The Kier molecular flexibility index (Phi) is 3.61. The van der Waals surface area contributed by atoms with Gasteiger partial charge in [-0.2, -0.15) is 0 Å². The van der Waals surface area contributed by atoms with Crippen molar-refractivity contribution < 1.29 is 12.8 Å². The molecule has 0 aliphatic carbocycles. The fourth-order valence-corrected chi connectivity index (χ4v) is 2.31. The van der Waals surface area contributed by atoms with Crippen molar-refractivity contribution in [3.8, 4) is 0 Å². The van der Waals surface area contributed by atoms with Gasteiger partial charge in [-0.25, -0.2) is 13.4 Å². The highest BCUT2D eigenvalue weighted by molar-refractivity contribution is 7.90. The zero-order chi connectivity index (χ0) is 14.0. The van der Waals surface area contributed by atoms with Gasteiger partial charge in [0.25, 0.3) is 0 Å². The molecule has 1 aromatic carbocycles. The lowest BCUT2D eigenvalue weighted by atomic mass is 10.2. The Labute approximate surface area is 112 Å². The van der Waals surface area contributed by atoms with Crippen molar-refractivity contribution in [2.45, 2.75) is 24.8 Å². The molecular formula is C13H16N2O3S. The van der Waals surface area contributed by atoms with Crippen molar-refractivity contribution in [3.05, 3.63) is 42.1 Å². The highest BCUT2D eigenvalue weighted by atomic mass is 32.2. The second-order valence-electron chi connectivity index (χ2n) is 4.47. The molecule has 1 heterocycles. The van der Waals surface area contributed by atoms with Gasteiger partial charge in [-0.1, -0.05) is 0 Å². The van der Waals surface area contributed by atoms with Gasteiger partial charge in [-0.05, 0) is 38.1 Å². The van der Waals surface area contributed by atoms with E-state index in [0.717, 1.165) is 11.4 Å². The van der Waals surface area contributed by atoms with Crippen LogP contribution in [0.2, 0.25) is 0 Å². The molecule has 0 saturated carbocycles. The summed E-state index contributed by atoms with van der Waals surface area (Å²) in [6.45, 7) is 3.76. The fourth-order valence-electron chi connectivity index (χ4n) is 1.68. The Bertz CT molecular complexity index is 659. The first-order chi connectivity index (χ1) is 8.86. The molecular weight excluding hydrogens is 264 g/mol. The van der Waals surface area contributed by atoms with Crippen LogP contribution < -0.4 is 5.32 Å². The third-order valence-corrected chi connectivity index (χ3v) is 3.80. The molecule has 1 N–H and O–H groups in total. The SMILES string of the molecule is Cc1cnc(C(C)Nc2ccc(S(C)(=O)=O)cc2)o1. The van der Waals surface area contributed by atoms with E-state index >= 15 is 0 Å². The molecule has 6 heteroatoms. The first kappa shape index (κ1) is 13.6. The first-order valence-corrected chi connectivity index (χ1v) is 7.74. The van der Waals surface area contributed by atoms with E-state index in [1.165, 1.54) is 6.26 Å². The van der Waals surface area contributed by atoms with Crippen LogP contribution in [0.4, 0.5) is 5.69 Å². The normalized spacial score (nSPS) is 13.2. The molecule has 102 valence electrons. The standard InChI is InChI=1S/C13H16N2O3S/c1-9-8-14-13(18-9)10(2)15-11-4-6-12(7-5-11)19(3,16)17/h4-8,10,15H,1-3H3. The number of nitrogens with one attached hydrogen (secondary N) is 1. The van der Waals surface area contributed by atoms with E-state index in [1.807, 2.05) is 13.8 Å². The molecule has 1 unspecified atom stereocenters. The van der Waals surface area contributed by atoms with Crippen LogP contribution in [0, 0.1) is 6.92 Å². The van der Waals surface area contributed by atoms with Crippen molar-refractivity contribution >= 4 is 15.5 Å². The summed E-state index contributed by atoms with van der Waals surface area (Å²) in [6, 6.07) is 6.51. The lowest BCUT2D eigenvalue weighted by molar-refractivity contribution is 0.453. The van der Waals surface area contributed by atoms with Crippen LogP contribution in [0.5, 0.6) is 0 Å².